The van der Waals surface area contributed by atoms with Gasteiger partial charge in [-0.3, -0.25) is 0 Å². The number of alkyl halides is 2. The first-order valence-electron chi connectivity index (χ1n) is 7.63. The van der Waals surface area contributed by atoms with E-state index in [1.165, 1.54) is 12.1 Å². The first-order valence-corrected chi connectivity index (χ1v) is 8.01. The van der Waals surface area contributed by atoms with Crippen LogP contribution in [0.3, 0.4) is 0 Å². The molecule has 4 rings (SSSR count). The van der Waals surface area contributed by atoms with Crippen LogP contribution in [0.1, 0.15) is 48.1 Å². The van der Waals surface area contributed by atoms with E-state index in [0.717, 1.165) is 18.4 Å². The van der Waals surface area contributed by atoms with Crippen molar-refractivity contribution in [2.45, 2.75) is 43.6 Å². The number of benzene rings is 1. The molecule has 2 aliphatic carbocycles. The van der Waals surface area contributed by atoms with Crippen LogP contribution in [0.15, 0.2) is 24.4 Å². The number of aromatic nitrogens is 1. The molecule has 0 aliphatic heterocycles. The van der Waals surface area contributed by atoms with E-state index in [-0.39, 0.29) is 17.4 Å². The Kier molecular flexibility index (Phi) is 3.29. The third kappa shape index (κ3) is 2.46. The summed E-state index contributed by atoms with van der Waals surface area (Å²) >= 11 is 5.92. The molecule has 1 aromatic carbocycles. The molecule has 2 aliphatic rings. The van der Waals surface area contributed by atoms with Gasteiger partial charge < -0.3 is 9.67 Å². The standard InChI is InChI=1S/C17H15ClF3NO/c18-10-5-11(19)7-12(6-10)22-8-13(9-1-2-9)15-14(22)3-4-17(20,21)16(15)23/h5-9,16,23H,1-4H2. The molecule has 1 aromatic heterocycles. The molecular formula is C17H15ClF3NO. The Bertz CT molecular complexity index is 762. The van der Waals surface area contributed by atoms with Crippen LogP contribution in [-0.4, -0.2) is 15.6 Å². The van der Waals surface area contributed by atoms with Crippen molar-refractivity contribution in [1.29, 1.82) is 0 Å². The van der Waals surface area contributed by atoms with E-state index < -0.39 is 24.3 Å². The molecular weight excluding hydrogens is 327 g/mol. The highest BCUT2D eigenvalue weighted by Crippen LogP contribution is 2.51. The van der Waals surface area contributed by atoms with Crippen LogP contribution in [0.4, 0.5) is 13.2 Å². The Hall–Kier alpha value is -1.46. The summed E-state index contributed by atoms with van der Waals surface area (Å²) in [5.74, 6) is -3.40. The predicted molar refractivity (Wildman–Crippen MR) is 80.9 cm³/mol. The summed E-state index contributed by atoms with van der Waals surface area (Å²) in [4.78, 5) is 0. The van der Waals surface area contributed by atoms with Crippen LogP contribution < -0.4 is 0 Å². The maximum atomic E-state index is 13.9. The Morgan fingerprint density at radius 3 is 2.61 bits per heavy atom. The average molecular weight is 342 g/mol. The first-order chi connectivity index (χ1) is 10.9. The van der Waals surface area contributed by atoms with E-state index in [4.69, 9.17) is 11.6 Å². The van der Waals surface area contributed by atoms with Gasteiger partial charge in [-0.2, -0.15) is 0 Å². The van der Waals surface area contributed by atoms with Crippen LogP contribution in [0, 0.1) is 5.82 Å². The number of aliphatic hydroxyl groups excluding tert-OH is 1. The maximum Gasteiger partial charge on any atom is 0.278 e. The summed E-state index contributed by atoms with van der Waals surface area (Å²) in [5.41, 5.74) is 2.21. The van der Waals surface area contributed by atoms with Crippen molar-refractivity contribution in [3.63, 3.8) is 0 Å². The Morgan fingerprint density at radius 2 is 1.96 bits per heavy atom. The molecule has 1 fully saturated rings. The van der Waals surface area contributed by atoms with Crippen molar-refractivity contribution in [3.05, 3.63) is 52.1 Å². The molecule has 0 amide bonds. The minimum atomic E-state index is -3.12. The fraction of sp³-hybridized carbons (Fsp3) is 0.412. The first kappa shape index (κ1) is 15.1. The molecule has 6 heteroatoms. The van der Waals surface area contributed by atoms with Crippen LogP contribution in [0.25, 0.3) is 5.69 Å². The Morgan fingerprint density at radius 1 is 1.22 bits per heavy atom. The van der Waals surface area contributed by atoms with Crippen molar-refractivity contribution in [2.75, 3.05) is 0 Å². The Balaban J connectivity index is 1.91. The van der Waals surface area contributed by atoms with E-state index in [0.29, 0.717) is 16.9 Å². The number of nitrogens with zero attached hydrogens (tertiary/aromatic N) is 1. The van der Waals surface area contributed by atoms with Gasteiger partial charge in [0, 0.05) is 34.6 Å². The van der Waals surface area contributed by atoms with Crippen molar-refractivity contribution in [2.24, 2.45) is 0 Å². The number of hydrogen-bond acceptors (Lipinski definition) is 1. The van der Waals surface area contributed by atoms with E-state index in [9.17, 15) is 18.3 Å². The van der Waals surface area contributed by atoms with Gasteiger partial charge in [0.15, 0.2) is 0 Å². The SMILES string of the molecule is OC1c2c(C3CC3)cn(-c3cc(F)cc(Cl)c3)c2CCC1(F)F. The third-order valence-corrected chi connectivity index (χ3v) is 4.91. The lowest BCUT2D eigenvalue weighted by atomic mass is 9.88. The fourth-order valence-corrected chi connectivity index (χ4v) is 3.63. The zero-order valence-electron chi connectivity index (χ0n) is 12.2. The van der Waals surface area contributed by atoms with Crippen LogP contribution in [-0.2, 0) is 6.42 Å². The minimum Gasteiger partial charge on any atom is -0.382 e. The molecule has 0 bridgehead atoms. The highest BCUT2D eigenvalue weighted by molar-refractivity contribution is 6.30. The third-order valence-electron chi connectivity index (χ3n) is 4.69. The van der Waals surface area contributed by atoms with E-state index in [1.54, 1.807) is 16.8 Å². The smallest absolute Gasteiger partial charge is 0.278 e. The monoisotopic (exact) mass is 341 g/mol. The number of rotatable bonds is 2. The molecule has 1 unspecified atom stereocenters. The van der Waals surface area contributed by atoms with Gasteiger partial charge in [0.2, 0.25) is 0 Å². The van der Waals surface area contributed by atoms with Crippen LogP contribution >= 0.6 is 11.6 Å². The van der Waals surface area contributed by atoms with Gasteiger partial charge in [-0.25, -0.2) is 13.2 Å². The summed E-state index contributed by atoms with van der Waals surface area (Å²) < 4.78 is 43.2. The van der Waals surface area contributed by atoms with E-state index >= 15 is 0 Å². The van der Waals surface area contributed by atoms with E-state index in [1.807, 2.05) is 0 Å². The summed E-state index contributed by atoms with van der Waals surface area (Å²) in [5, 5.41) is 10.4. The van der Waals surface area contributed by atoms with E-state index in [2.05, 4.69) is 0 Å². The predicted octanol–water partition coefficient (Wildman–Crippen LogP) is 4.76. The molecule has 2 aromatic rings. The highest BCUT2D eigenvalue weighted by Gasteiger charge is 2.47. The van der Waals surface area contributed by atoms with Gasteiger partial charge >= 0.3 is 0 Å². The second-order valence-electron chi connectivity index (χ2n) is 6.38. The molecule has 0 saturated heterocycles. The topological polar surface area (TPSA) is 25.2 Å². The molecule has 1 N–H and O–H groups in total. The molecule has 1 saturated carbocycles. The normalized spacial score (nSPS) is 22.9. The lowest BCUT2D eigenvalue weighted by molar-refractivity contribution is -0.122. The highest BCUT2D eigenvalue weighted by atomic mass is 35.5. The van der Waals surface area contributed by atoms with Crippen molar-refractivity contribution < 1.29 is 18.3 Å². The van der Waals surface area contributed by atoms with Crippen molar-refractivity contribution in [1.82, 2.24) is 4.57 Å². The molecule has 0 spiro atoms. The zero-order chi connectivity index (χ0) is 16.4. The van der Waals surface area contributed by atoms with Gasteiger partial charge in [0.1, 0.15) is 11.9 Å². The van der Waals surface area contributed by atoms with Gasteiger partial charge in [-0.1, -0.05) is 11.6 Å². The summed E-state index contributed by atoms with van der Waals surface area (Å²) in [6, 6.07) is 4.12. The van der Waals surface area contributed by atoms with Gasteiger partial charge in [0.25, 0.3) is 5.92 Å². The number of aliphatic hydroxyl groups is 1. The maximum absolute atomic E-state index is 13.9. The Labute approximate surface area is 136 Å². The van der Waals surface area contributed by atoms with Crippen molar-refractivity contribution >= 4 is 11.6 Å². The molecule has 0 radical (unpaired) electrons. The number of fused-ring (bicyclic) bond motifs is 1. The molecule has 122 valence electrons. The van der Waals surface area contributed by atoms with Crippen molar-refractivity contribution in [3.8, 4) is 5.69 Å². The summed E-state index contributed by atoms with van der Waals surface area (Å²) in [7, 11) is 0. The summed E-state index contributed by atoms with van der Waals surface area (Å²) in [6.45, 7) is 0. The average Bonchev–Trinajstić information content (AvgIpc) is 3.23. The lowest BCUT2D eigenvalue weighted by Crippen LogP contribution is -2.32. The van der Waals surface area contributed by atoms with Gasteiger partial charge in [0.05, 0.1) is 0 Å². The second-order valence-corrected chi connectivity index (χ2v) is 6.82. The van der Waals surface area contributed by atoms with Crippen LogP contribution in [0.5, 0.6) is 0 Å². The largest absolute Gasteiger partial charge is 0.382 e. The quantitative estimate of drug-likeness (QED) is 0.837. The minimum absolute atomic E-state index is 0.139. The van der Waals surface area contributed by atoms with Crippen LogP contribution in [0.2, 0.25) is 5.02 Å². The van der Waals surface area contributed by atoms with Gasteiger partial charge in [-0.05, 0) is 48.9 Å². The molecule has 23 heavy (non-hydrogen) atoms. The number of halogens is 4. The molecule has 1 atom stereocenters. The zero-order valence-corrected chi connectivity index (χ0v) is 13.0. The summed E-state index contributed by atoms with van der Waals surface area (Å²) in [6.07, 6.45) is 1.54. The molecule has 2 nitrogen and oxygen atoms in total. The second kappa shape index (κ2) is 5.02. The van der Waals surface area contributed by atoms with Gasteiger partial charge in [-0.15, -0.1) is 0 Å². The fourth-order valence-electron chi connectivity index (χ4n) is 3.42. The number of hydrogen-bond donors (Lipinski definition) is 1. The molecule has 1 heterocycles. The lowest BCUT2D eigenvalue weighted by Gasteiger charge is -2.29.